The first-order chi connectivity index (χ1) is 10.1. The maximum Gasteiger partial charge on any atom is 0.243 e. The maximum absolute atomic E-state index is 14.0. The van der Waals surface area contributed by atoms with Gasteiger partial charge in [-0.1, -0.05) is 11.6 Å². The topological polar surface area (TPSA) is 56.1 Å². The summed E-state index contributed by atoms with van der Waals surface area (Å²) in [6, 6.07) is 2.55. The molecule has 5 nitrogen and oxygen atoms in total. The van der Waals surface area contributed by atoms with Crippen LogP contribution in [0.1, 0.15) is 12.5 Å². The highest BCUT2D eigenvalue weighted by Crippen LogP contribution is 2.34. The minimum Gasteiger partial charge on any atom is -0.492 e. The third kappa shape index (κ3) is 2.35. The third-order valence-electron chi connectivity index (χ3n) is 3.48. The molecule has 3 rings (SSSR count). The highest BCUT2D eigenvalue weighted by atomic mass is 35.5. The van der Waals surface area contributed by atoms with Crippen molar-refractivity contribution in [3.8, 4) is 17.1 Å². The molecule has 1 aromatic carbocycles. The van der Waals surface area contributed by atoms with E-state index in [9.17, 15) is 9.18 Å². The van der Waals surface area contributed by atoms with Gasteiger partial charge in [0.2, 0.25) is 5.91 Å². The average molecular weight is 310 g/mol. The summed E-state index contributed by atoms with van der Waals surface area (Å²) in [5.74, 6) is -0.127. The molecule has 0 spiro atoms. The molecule has 1 atom stereocenters. The second kappa shape index (κ2) is 5.37. The van der Waals surface area contributed by atoms with Crippen molar-refractivity contribution in [1.82, 2.24) is 14.9 Å². The quantitative estimate of drug-likeness (QED) is 0.947. The van der Waals surface area contributed by atoms with Gasteiger partial charge in [0.05, 0.1) is 12.1 Å². The molecule has 1 aliphatic rings. The average Bonchev–Trinajstić information content (AvgIpc) is 3.06. The number of hydrogen-bond donors (Lipinski definition) is 1. The molecule has 1 amide bonds. The number of aromatic nitrogens is 2. The molecule has 0 saturated carbocycles. The van der Waals surface area contributed by atoms with E-state index in [1.807, 2.05) is 0 Å². The number of halogens is 2. The first-order valence-corrected chi connectivity index (χ1v) is 6.83. The van der Waals surface area contributed by atoms with Crippen LogP contribution in [0.4, 0.5) is 4.39 Å². The fourth-order valence-electron chi connectivity index (χ4n) is 2.52. The van der Waals surface area contributed by atoms with Gasteiger partial charge in [0.1, 0.15) is 11.9 Å². The molecule has 0 aliphatic carbocycles. The molecule has 110 valence electrons. The lowest BCUT2D eigenvalue weighted by atomic mass is 10.1. The summed E-state index contributed by atoms with van der Waals surface area (Å²) in [6.45, 7) is 0.624. The van der Waals surface area contributed by atoms with Crippen molar-refractivity contribution < 1.29 is 13.9 Å². The number of amides is 1. The number of ether oxygens (including phenoxy) is 1. The summed E-state index contributed by atoms with van der Waals surface area (Å²) < 4.78 is 20.6. The number of imidazole rings is 1. The van der Waals surface area contributed by atoms with E-state index in [1.165, 1.54) is 13.2 Å². The minimum atomic E-state index is -0.564. The second-order valence-corrected chi connectivity index (χ2v) is 5.13. The van der Waals surface area contributed by atoms with E-state index in [1.54, 1.807) is 23.0 Å². The van der Waals surface area contributed by atoms with E-state index in [0.717, 1.165) is 0 Å². The van der Waals surface area contributed by atoms with Crippen LogP contribution in [0.15, 0.2) is 24.5 Å². The summed E-state index contributed by atoms with van der Waals surface area (Å²) in [6.07, 6.45) is 3.96. The van der Waals surface area contributed by atoms with Crippen LogP contribution in [0.2, 0.25) is 5.02 Å². The van der Waals surface area contributed by atoms with Crippen molar-refractivity contribution in [2.75, 3.05) is 13.7 Å². The van der Waals surface area contributed by atoms with Crippen LogP contribution in [0.3, 0.4) is 0 Å². The molecule has 0 radical (unpaired) electrons. The summed E-state index contributed by atoms with van der Waals surface area (Å²) >= 11 is 6.01. The molecular weight excluding hydrogens is 297 g/mol. The van der Waals surface area contributed by atoms with Gasteiger partial charge >= 0.3 is 0 Å². The number of methoxy groups -OCH3 is 1. The Morgan fingerprint density at radius 2 is 2.33 bits per heavy atom. The van der Waals surface area contributed by atoms with Crippen LogP contribution in [-0.2, 0) is 4.79 Å². The summed E-state index contributed by atoms with van der Waals surface area (Å²) in [7, 11) is 1.35. The predicted octanol–water partition coefficient (Wildman–Crippen LogP) is 2.41. The molecule has 2 heterocycles. The third-order valence-corrected chi connectivity index (χ3v) is 3.77. The minimum absolute atomic E-state index is 0.00266. The van der Waals surface area contributed by atoms with E-state index in [0.29, 0.717) is 24.4 Å². The number of nitrogens with one attached hydrogen (secondary N) is 1. The molecule has 1 fully saturated rings. The van der Waals surface area contributed by atoms with Crippen molar-refractivity contribution >= 4 is 17.5 Å². The fourth-order valence-corrected chi connectivity index (χ4v) is 2.80. The van der Waals surface area contributed by atoms with Gasteiger partial charge in [-0.05, 0) is 18.6 Å². The van der Waals surface area contributed by atoms with Crippen molar-refractivity contribution in [1.29, 1.82) is 0 Å². The Kier molecular flexibility index (Phi) is 3.55. The molecular formula is C14H13ClFN3O2. The predicted molar refractivity (Wildman–Crippen MR) is 75.8 cm³/mol. The van der Waals surface area contributed by atoms with Crippen molar-refractivity contribution in [3.63, 3.8) is 0 Å². The van der Waals surface area contributed by atoms with Gasteiger partial charge in [-0.15, -0.1) is 0 Å². The van der Waals surface area contributed by atoms with Crippen molar-refractivity contribution in [3.05, 3.63) is 35.4 Å². The molecule has 1 aliphatic heterocycles. The van der Waals surface area contributed by atoms with Crippen LogP contribution < -0.4 is 10.1 Å². The molecule has 0 bridgehead atoms. The van der Waals surface area contributed by atoms with Gasteiger partial charge in [-0.25, -0.2) is 9.37 Å². The van der Waals surface area contributed by atoms with Gasteiger partial charge < -0.3 is 14.6 Å². The Labute approximate surface area is 125 Å². The highest BCUT2D eigenvalue weighted by molar-refractivity contribution is 6.32. The van der Waals surface area contributed by atoms with Gasteiger partial charge in [0.15, 0.2) is 11.6 Å². The molecule has 21 heavy (non-hydrogen) atoms. The van der Waals surface area contributed by atoms with Crippen molar-refractivity contribution in [2.24, 2.45) is 0 Å². The Bertz CT molecular complexity index is 678. The highest BCUT2D eigenvalue weighted by Gasteiger charge is 2.28. The zero-order chi connectivity index (χ0) is 15.0. The summed E-state index contributed by atoms with van der Waals surface area (Å²) in [4.78, 5) is 16.0. The fraction of sp³-hybridized carbons (Fsp3) is 0.286. The lowest BCUT2D eigenvalue weighted by Crippen LogP contribution is -2.22. The monoisotopic (exact) mass is 309 g/mol. The maximum atomic E-state index is 14.0. The molecule has 1 unspecified atom stereocenters. The lowest BCUT2D eigenvalue weighted by Gasteiger charge is -2.14. The smallest absolute Gasteiger partial charge is 0.243 e. The van der Waals surface area contributed by atoms with E-state index in [2.05, 4.69) is 10.3 Å². The van der Waals surface area contributed by atoms with Gasteiger partial charge in [0, 0.05) is 24.5 Å². The number of hydrogen-bond acceptors (Lipinski definition) is 3. The normalized spacial score (nSPS) is 17.9. The van der Waals surface area contributed by atoms with Crippen LogP contribution in [-0.4, -0.2) is 29.1 Å². The number of carbonyl (C=O) groups excluding carboxylic acids is 1. The van der Waals surface area contributed by atoms with Crippen LogP contribution >= 0.6 is 11.6 Å². The Morgan fingerprint density at radius 3 is 2.95 bits per heavy atom. The molecule has 7 heteroatoms. The zero-order valence-corrected chi connectivity index (χ0v) is 12.0. The molecule has 1 aromatic heterocycles. The van der Waals surface area contributed by atoms with Crippen LogP contribution in [0.5, 0.6) is 5.75 Å². The zero-order valence-electron chi connectivity index (χ0n) is 11.3. The molecule has 1 saturated heterocycles. The van der Waals surface area contributed by atoms with Crippen LogP contribution in [0.25, 0.3) is 11.4 Å². The van der Waals surface area contributed by atoms with E-state index in [-0.39, 0.29) is 22.7 Å². The SMILES string of the molecule is COc1c(F)cc(-c2nccn2C2CCNC2=O)cc1Cl. The number of nitrogens with zero attached hydrogens (tertiary/aromatic N) is 2. The number of benzene rings is 1. The lowest BCUT2D eigenvalue weighted by molar-refractivity contribution is -0.121. The first-order valence-electron chi connectivity index (χ1n) is 6.45. The van der Waals surface area contributed by atoms with Gasteiger partial charge in [-0.2, -0.15) is 0 Å². The summed E-state index contributed by atoms with van der Waals surface area (Å²) in [5.41, 5.74) is 0.503. The molecule has 2 aromatic rings. The van der Waals surface area contributed by atoms with Gasteiger partial charge in [0.25, 0.3) is 0 Å². The standard InChI is InChI=1S/C14H13ClFN3O2/c1-21-12-9(15)6-8(7-10(12)16)13-17-4-5-19(13)11-2-3-18-14(11)20/h4-7,11H,2-3H2,1H3,(H,18,20). The first kappa shape index (κ1) is 13.9. The Balaban J connectivity index is 2.06. The largest absolute Gasteiger partial charge is 0.492 e. The van der Waals surface area contributed by atoms with E-state index < -0.39 is 5.82 Å². The molecule has 1 N–H and O–H groups in total. The summed E-state index contributed by atoms with van der Waals surface area (Å²) in [5, 5.41) is 2.93. The number of rotatable bonds is 3. The van der Waals surface area contributed by atoms with Crippen LogP contribution in [0, 0.1) is 5.82 Å². The Hall–Kier alpha value is -2.08. The number of carbonyl (C=O) groups is 1. The Morgan fingerprint density at radius 1 is 1.52 bits per heavy atom. The second-order valence-electron chi connectivity index (χ2n) is 4.73. The van der Waals surface area contributed by atoms with E-state index >= 15 is 0 Å². The van der Waals surface area contributed by atoms with Crippen molar-refractivity contribution in [2.45, 2.75) is 12.5 Å². The van der Waals surface area contributed by atoms with Gasteiger partial charge in [-0.3, -0.25) is 4.79 Å². The van der Waals surface area contributed by atoms with E-state index in [4.69, 9.17) is 16.3 Å².